The van der Waals surface area contributed by atoms with Crippen LogP contribution in [0.15, 0.2) is 21.1 Å². The minimum atomic E-state index is -1.84. The molecule has 2 nitrogen and oxygen atoms in total. The van der Waals surface area contributed by atoms with Crippen LogP contribution < -0.4 is 0 Å². The molecule has 0 N–H and O–H groups in total. The summed E-state index contributed by atoms with van der Waals surface area (Å²) in [6, 6.07) is 0. The predicted molar refractivity (Wildman–Crippen MR) is 97.3 cm³/mol. The molecular formula is C14H20Br2O2Si2. The Labute approximate surface area is 140 Å². The highest BCUT2D eigenvalue weighted by molar-refractivity contribution is 9.12. The number of allylic oxidation sites excluding steroid dienone is 2. The molecule has 0 saturated carbocycles. The molecule has 0 fully saturated rings. The first-order valence-electron chi connectivity index (χ1n) is 6.40. The number of ketones is 1. The summed E-state index contributed by atoms with van der Waals surface area (Å²) in [7, 11) is -3.38. The Morgan fingerprint density at radius 1 is 1.15 bits per heavy atom. The van der Waals surface area contributed by atoms with Gasteiger partial charge in [-0.05, 0) is 41.6 Å². The zero-order valence-electron chi connectivity index (χ0n) is 12.7. The van der Waals surface area contributed by atoms with Gasteiger partial charge < -0.3 is 4.43 Å². The van der Waals surface area contributed by atoms with Crippen molar-refractivity contribution in [2.45, 2.75) is 44.9 Å². The largest absolute Gasteiger partial charge is 0.395 e. The molecule has 1 unspecified atom stereocenters. The van der Waals surface area contributed by atoms with E-state index in [9.17, 15) is 4.79 Å². The molecule has 1 rings (SSSR count). The highest BCUT2D eigenvalue weighted by Gasteiger charge is 2.39. The molecule has 110 valence electrons. The van der Waals surface area contributed by atoms with Crippen molar-refractivity contribution >= 4 is 54.0 Å². The van der Waals surface area contributed by atoms with Gasteiger partial charge in [-0.25, -0.2) is 0 Å². The van der Waals surface area contributed by atoms with Gasteiger partial charge >= 0.3 is 0 Å². The van der Waals surface area contributed by atoms with Crippen molar-refractivity contribution < 1.29 is 9.22 Å². The van der Waals surface area contributed by atoms with Gasteiger partial charge in [-0.3, -0.25) is 4.79 Å². The minimum Gasteiger partial charge on any atom is -0.395 e. The van der Waals surface area contributed by atoms with Crippen molar-refractivity contribution in [3.63, 3.8) is 0 Å². The van der Waals surface area contributed by atoms with Crippen molar-refractivity contribution in [3.8, 4) is 11.5 Å². The Hall–Kier alpha value is 0.0638. The maximum atomic E-state index is 11.8. The summed E-state index contributed by atoms with van der Waals surface area (Å²) >= 11 is 6.80. The predicted octanol–water partition coefficient (Wildman–Crippen LogP) is 4.60. The Bertz CT molecular complexity index is 542. The molecule has 0 amide bonds. The van der Waals surface area contributed by atoms with Gasteiger partial charge in [-0.1, -0.05) is 41.5 Å². The van der Waals surface area contributed by atoms with Crippen LogP contribution in [-0.4, -0.2) is 27.8 Å². The van der Waals surface area contributed by atoms with E-state index in [0.717, 1.165) is 0 Å². The standard InChI is InChI=1S/C14H20Br2O2Si2/c1-19(2,3)8-7-14(18-20(4,5)6)10-11(15)12(17)9-13(14)16/h9-10H,1-6H3. The number of rotatable bonds is 2. The summed E-state index contributed by atoms with van der Waals surface area (Å²) in [5.74, 6) is 3.21. The van der Waals surface area contributed by atoms with E-state index in [1.54, 1.807) is 12.2 Å². The Morgan fingerprint density at radius 3 is 2.15 bits per heavy atom. The van der Waals surface area contributed by atoms with Gasteiger partial charge in [0, 0.05) is 10.6 Å². The van der Waals surface area contributed by atoms with Crippen molar-refractivity contribution in [1.29, 1.82) is 0 Å². The lowest BCUT2D eigenvalue weighted by atomic mass is 9.99. The molecule has 6 heteroatoms. The van der Waals surface area contributed by atoms with Crippen molar-refractivity contribution in [3.05, 3.63) is 21.1 Å². The Balaban J connectivity index is 3.39. The molecular weight excluding hydrogens is 416 g/mol. The van der Waals surface area contributed by atoms with Crippen molar-refractivity contribution in [2.24, 2.45) is 0 Å². The van der Waals surface area contributed by atoms with Gasteiger partial charge in [0.1, 0.15) is 8.07 Å². The first-order valence-corrected chi connectivity index (χ1v) is 14.9. The molecule has 0 radical (unpaired) electrons. The SMILES string of the molecule is C[Si](C)(C)C#CC1(O[Si](C)(C)C)C=C(Br)C(=O)C=C1Br. The molecule has 20 heavy (non-hydrogen) atoms. The number of carbonyl (C=O) groups excluding carboxylic acids is 1. The second-order valence-corrected chi connectivity index (χ2v) is 17.7. The van der Waals surface area contributed by atoms with E-state index in [4.69, 9.17) is 4.43 Å². The average molecular weight is 436 g/mol. The molecule has 0 aromatic heterocycles. The van der Waals surface area contributed by atoms with E-state index >= 15 is 0 Å². The average Bonchev–Trinajstić information content (AvgIpc) is 2.20. The van der Waals surface area contributed by atoms with Crippen LogP contribution >= 0.6 is 31.9 Å². The molecule has 0 aromatic carbocycles. The number of halogens is 2. The Kier molecular flexibility index (Phi) is 5.48. The number of carbonyl (C=O) groups is 1. The first-order chi connectivity index (χ1) is 8.85. The quantitative estimate of drug-likeness (QED) is 0.468. The fourth-order valence-corrected chi connectivity index (χ4v) is 4.41. The van der Waals surface area contributed by atoms with E-state index in [1.165, 1.54) is 0 Å². The third-order valence-corrected chi connectivity index (χ3v) is 5.52. The number of hydrogen-bond acceptors (Lipinski definition) is 2. The van der Waals surface area contributed by atoms with E-state index < -0.39 is 22.0 Å². The van der Waals surface area contributed by atoms with Crippen molar-refractivity contribution in [2.75, 3.05) is 0 Å². The van der Waals surface area contributed by atoms with Crippen LogP contribution in [0, 0.1) is 11.5 Å². The van der Waals surface area contributed by atoms with Crippen LogP contribution in [0.5, 0.6) is 0 Å². The smallest absolute Gasteiger partial charge is 0.193 e. The highest BCUT2D eigenvalue weighted by Crippen LogP contribution is 2.37. The van der Waals surface area contributed by atoms with E-state index in [-0.39, 0.29) is 5.78 Å². The Morgan fingerprint density at radius 2 is 1.70 bits per heavy atom. The first kappa shape index (κ1) is 18.1. The zero-order valence-corrected chi connectivity index (χ0v) is 17.9. The van der Waals surface area contributed by atoms with E-state index in [2.05, 4.69) is 82.6 Å². The van der Waals surface area contributed by atoms with E-state index in [0.29, 0.717) is 8.96 Å². The molecule has 0 spiro atoms. The van der Waals surface area contributed by atoms with Crippen molar-refractivity contribution in [1.82, 2.24) is 0 Å². The van der Waals surface area contributed by atoms with Gasteiger partial charge in [-0.2, -0.15) is 0 Å². The van der Waals surface area contributed by atoms with Gasteiger partial charge in [0.25, 0.3) is 0 Å². The third-order valence-electron chi connectivity index (χ3n) is 2.27. The van der Waals surface area contributed by atoms with Gasteiger partial charge in [0.05, 0.1) is 4.48 Å². The molecule has 0 heterocycles. The van der Waals surface area contributed by atoms with Crippen LogP contribution in [-0.2, 0) is 9.22 Å². The third kappa shape index (κ3) is 5.12. The summed E-state index contributed by atoms with van der Waals surface area (Å²) in [4.78, 5) is 11.8. The molecule has 1 atom stereocenters. The highest BCUT2D eigenvalue weighted by atomic mass is 79.9. The van der Waals surface area contributed by atoms with Crippen LogP contribution in [0.3, 0.4) is 0 Å². The summed E-state index contributed by atoms with van der Waals surface area (Å²) in [5, 5.41) is 0. The second kappa shape index (κ2) is 6.05. The second-order valence-electron chi connectivity index (χ2n) is 6.80. The number of hydrogen-bond donors (Lipinski definition) is 0. The maximum absolute atomic E-state index is 11.8. The van der Waals surface area contributed by atoms with Gasteiger partial charge in [0.15, 0.2) is 19.7 Å². The lowest BCUT2D eigenvalue weighted by Gasteiger charge is -2.35. The molecule has 0 aromatic rings. The van der Waals surface area contributed by atoms with Crippen LogP contribution in [0.1, 0.15) is 0 Å². The van der Waals surface area contributed by atoms with Crippen LogP contribution in [0.25, 0.3) is 0 Å². The summed E-state index contributed by atoms with van der Waals surface area (Å²) in [6.45, 7) is 12.9. The van der Waals surface area contributed by atoms with E-state index in [1.807, 2.05) is 0 Å². The fourth-order valence-electron chi connectivity index (χ4n) is 1.57. The van der Waals surface area contributed by atoms with Crippen LogP contribution in [0.4, 0.5) is 0 Å². The molecule has 1 aliphatic carbocycles. The molecule has 0 bridgehead atoms. The van der Waals surface area contributed by atoms with Gasteiger partial charge in [-0.15, -0.1) is 5.54 Å². The summed E-state index contributed by atoms with van der Waals surface area (Å²) < 4.78 is 7.50. The summed E-state index contributed by atoms with van der Waals surface area (Å²) in [6.07, 6.45) is 3.33. The normalized spacial score (nSPS) is 23.7. The topological polar surface area (TPSA) is 26.3 Å². The minimum absolute atomic E-state index is 0.0681. The summed E-state index contributed by atoms with van der Waals surface area (Å²) in [5.41, 5.74) is 2.52. The molecule has 0 aliphatic heterocycles. The monoisotopic (exact) mass is 434 g/mol. The fraction of sp³-hybridized carbons (Fsp3) is 0.500. The van der Waals surface area contributed by atoms with Gasteiger partial charge in [0.2, 0.25) is 0 Å². The van der Waals surface area contributed by atoms with Crippen LogP contribution in [0.2, 0.25) is 39.3 Å². The molecule has 1 aliphatic rings. The lowest BCUT2D eigenvalue weighted by molar-refractivity contribution is -0.110. The lowest BCUT2D eigenvalue weighted by Crippen LogP contribution is -2.43. The molecule has 0 saturated heterocycles. The zero-order chi connectivity index (χ0) is 15.8. The maximum Gasteiger partial charge on any atom is 0.193 e.